The van der Waals surface area contributed by atoms with Crippen molar-refractivity contribution < 1.29 is 28.5 Å². The maximum Gasteiger partial charge on any atom is 0.261 e. The van der Waals surface area contributed by atoms with E-state index in [1.54, 1.807) is 0 Å². The number of unbranched alkanes of at least 4 members (excludes halogenated alkanes) is 2. The molecule has 0 aromatic heterocycles. The molecule has 8 heteroatoms. The number of aliphatic hydroxyl groups excluding tert-OH is 2. The Balaban J connectivity index is 0.000000221. The summed E-state index contributed by atoms with van der Waals surface area (Å²) in [6, 6.07) is 42.8. The van der Waals surface area contributed by atoms with E-state index in [2.05, 4.69) is 177 Å². The van der Waals surface area contributed by atoms with Crippen LogP contribution in [0.25, 0.3) is 0 Å². The van der Waals surface area contributed by atoms with Gasteiger partial charge in [0.25, 0.3) is 16.6 Å². The molecular weight excluding hydrogens is 753 g/mol. The van der Waals surface area contributed by atoms with Gasteiger partial charge in [0, 0.05) is 12.8 Å². The van der Waals surface area contributed by atoms with Crippen LogP contribution in [-0.2, 0) is 18.3 Å². The van der Waals surface area contributed by atoms with Crippen LogP contribution < -0.4 is 20.7 Å². The highest BCUT2D eigenvalue weighted by Crippen LogP contribution is 2.40. The van der Waals surface area contributed by atoms with Gasteiger partial charge >= 0.3 is 0 Å². The molecule has 0 radical (unpaired) electrons. The third-order valence-electron chi connectivity index (χ3n) is 12.3. The van der Waals surface area contributed by atoms with E-state index in [4.69, 9.17) is 18.3 Å². The molecule has 2 heterocycles. The minimum Gasteiger partial charge on any atom is -0.405 e. The fourth-order valence-corrected chi connectivity index (χ4v) is 18.5. The molecule has 0 unspecified atom stereocenters. The van der Waals surface area contributed by atoms with E-state index in [0.717, 1.165) is 51.4 Å². The number of hydrogen-bond acceptors (Lipinski definition) is 6. The highest BCUT2D eigenvalue weighted by Gasteiger charge is 2.52. The molecule has 0 saturated carbocycles. The molecule has 4 aromatic carbocycles. The minimum absolute atomic E-state index is 0.0433. The SMILES string of the molecule is CCCC[C@H]1C[C@@H](O)O[C@@H]1CO[Si](c1ccccc1)(c1ccccc1)C(C)(C)C.CCCC[C@H]1C[C@H](O)O[C@@H]1CO[Si](c1ccccc1)(c1ccccc1)C(C)(C)C. The molecular formula is C50H72O6Si2. The third kappa shape index (κ3) is 10.9. The summed E-state index contributed by atoms with van der Waals surface area (Å²) in [6.07, 6.45) is 6.84. The van der Waals surface area contributed by atoms with Crippen molar-refractivity contribution in [3.05, 3.63) is 121 Å². The molecule has 2 N–H and O–H groups in total. The van der Waals surface area contributed by atoms with Crippen molar-refractivity contribution in [1.82, 2.24) is 0 Å². The zero-order valence-corrected chi connectivity index (χ0v) is 38.6. The maximum absolute atomic E-state index is 10.1. The van der Waals surface area contributed by atoms with Gasteiger partial charge < -0.3 is 28.5 Å². The molecule has 6 atom stereocenters. The first-order valence-corrected chi connectivity index (χ1v) is 25.8. The number of benzene rings is 4. The van der Waals surface area contributed by atoms with Gasteiger partial charge in [-0.05, 0) is 55.5 Å². The molecule has 4 aromatic rings. The van der Waals surface area contributed by atoms with E-state index < -0.39 is 29.2 Å². The zero-order chi connectivity index (χ0) is 41.8. The first-order valence-electron chi connectivity index (χ1n) is 21.9. The summed E-state index contributed by atoms with van der Waals surface area (Å²) in [5.41, 5.74) is 0. The number of hydrogen-bond donors (Lipinski definition) is 2. The summed E-state index contributed by atoms with van der Waals surface area (Å²) in [5, 5.41) is 25.3. The molecule has 2 saturated heterocycles. The average Bonchev–Trinajstić information content (AvgIpc) is 3.77. The van der Waals surface area contributed by atoms with E-state index in [1.807, 2.05) is 0 Å². The normalized spacial score (nSPS) is 22.7. The fraction of sp³-hybridized carbons (Fsp3) is 0.520. The molecule has 0 spiro atoms. The van der Waals surface area contributed by atoms with Gasteiger partial charge in [0.2, 0.25) is 0 Å². The summed E-state index contributed by atoms with van der Waals surface area (Å²) < 4.78 is 25.8. The summed E-state index contributed by atoms with van der Waals surface area (Å²) >= 11 is 0. The summed E-state index contributed by atoms with van der Waals surface area (Å²) in [5.74, 6) is 0.728. The standard InChI is InChI=1S/2C25H36O3Si/c2*1-5-6-13-20-18-24(26)28-23(20)19-27-29(25(2,3)4,21-14-9-7-10-15-21)22-16-11-8-12-17-22/h2*7-12,14-17,20,23-24,26H,5-6,13,18-19H2,1-4H3/t20-,23+,24+;20-,23+,24-/m00/s1. The molecule has 6 nitrogen and oxygen atoms in total. The van der Waals surface area contributed by atoms with Crippen molar-refractivity contribution in [2.24, 2.45) is 11.8 Å². The molecule has 0 amide bonds. The van der Waals surface area contributed by atoms with Gasteiger partial charge in [0.15, 0.2) is 12.6 Å². The third-order valence-corrected chi connectivity index (χ3v) is 22.4. The van der Waals surface area contributed by atoms with Crippen molar-refractivity contribution in [2.45, 2.75) is 142 Å². The first-order chi connectivity index (χ1) is 27.8. The lowest BCUT2D eigenvalue weighted by Crippen LogP contribution is -2.67. The second-order valence-electron chi connectivity index (χ2n) is 18.5. The first kappa shape index (κ1) is 46.1. The molecule has 2 fully saturated rings. The van der Waals surface area contributed by atoms with Gasteiger partial charge in [-0.2, -0.15) is 0 Å². The Morgan fingerprint density at radius 3 is 1.02 bits per heavy atom. The van der Waals surface area contributed by atoms with E-state index in [9.17, 15) is 10.2 Å². The Labute approximate surface area is 352 Å². The summed E-state index contributed by atoms with van der Waals surface area (Å²) in [7, 11) is -5.12. The van der Waals surface area contributed by atoms with Crippen LogP contribution in [0.5, 0.6) is 0 Å². The number of aliphatic hydroxyl groups is 2. The topological polar surface area (TPSA) is 77.4 Å². The maximum atomic E-state index is 10.1. The highest BCUT2D eigenvalue weighted by molar-refractivity contribution is 7.00. The van der Waals surface area contributed by atoms with E-state index in [0.29, 0.717) is 25.0 Å². The van der Waals surface area contributed by atoms with Gasteiger partial charge in [-0.1, -0.05) is 202 Å². The lowest BCUT2D eigenvalue weighted by Gasteiger charge is -2.43. The van der Waals surface area contributed by atoms with Crippen LogP contribution in [0.1, 0.15) is 107 Å². The van der Waals surface area contributed by atoms with E-state index in [-0.39, 0.29) is 22.3 Å². The van der Waals surface area contributed by atoms with Crippen LogP contribution in [0.2, 0.25) is 10.1 Å². The largest absolute Gasteiger partial charge is 0.405 e. The van der Waals surface area contributed by atoms with E-state index in [1.165, 1.54) is 20.7 Å². The Morgan fingerprint density at radius 1 is 0.500 bits per heavy atom. The minimum atomic E-state index is -2.56. The van der Waals surface area contributed by atoms with Gasteiger partial charge in [-0.25, -0.2) is 0 Å². The number of rotatable bonds is 16. The molecule has 2 aliphatic rings. The van der Waals surface area contributed by atoms with Crippen LogP contribution in [0.3, 0.4) is 0 Å². The van der Waals surface area contributed by atoms with Crippen molar-refractivity contribution in [1.29, 1.82) is 0 Å². The Morgan fingerprint density at radius 2 is 0.776 bits per heavy atom. The van der Waals surface area contributed by atoms with Crippen LogP contribution in [-0.4, -0.2) is 64.8 Å². The molecule has 316 valence electrons. The van der Waals surface area contributed by atoms with E-state index >= 15 is 0 Å². The van der Waals surface area contributed by atoms with Crippen LogP contribution in [0.15, 0.2) is 121 Å². The lowest BCUT2D eigenvalue weighted by atomic mass is 9.95. The van der Waals surface area contributed by atoms with Crippen molar-refractivity contribution in [2.75, 3.05) is 13.2 Å². The van der Waals surface area contributed by atoms with Crippen molar-refractivity contribution >= 4 is 37.4 Å². The Kier molecular flexibility index (Phi) is 16.7. The average molecular weight is 825 g/mol. The van der Waals surface area contributed by atoms with Crippen LogP contribution >= 0.6 is 0 Å². The highest BCUT2D eigenvalue weighted by atomic mass is 28.4. The van der Waals surface area contributed by atoms with Crippen LogP contribution in [0.4, 0.5) is 0 Å². The van der Waals surface area contributed by atoms with Gasteiger partial charge in [0.1, 0.15) is 0 Å². The fourth-order valence-electron chi connectivity index (χ4n) is 9.39. The molecule has 58 heavy (non-hydrogen) atoms. The molecule has 6 rings (SSSR count). The Hall–Kier alpha value is -2.93. The van der Waals surface area contributed by atoms with Crippen LogP contribution in [0, 0.1) is 11.8 Å². The Bertz CT molecular complexity index is 1540. The molecule has 2 aliphatic heterocycles. The predicted octanol–water partition coefficient (Wildman–Crippen LogP) is 8.95. The number of ether oxygens (including phenoxy) is 2. The van der Waals surface area contributed by atoms with Crippen molar-refractivity contribution in [3.8, 4) is 0 Å². The van der Waals surface area contributed by atoms with Gasteiger partial charge in [-0.3, -0.25) is 0 Å². The smallest absolute Gasteiger partial charge is 0.261 e. The van der Waals surface area contributed by atoms with Crippen molar-refractivity contribution in [3.63, 3.8) is 0 Å². The van der Waals surface area contributed by atoms with Gasteiger partial charge in [0.05, 0.1) is 25.4 Å². The summed E-state index contributed by atoms with van der Waals surface area (Å²) in [4.78, 5) is 0. The quantitative estimate of drug-likeness (QED) is 0.110. The predicted molar refractivity (Wildman–Crippen MR) is 244 cm³/mol. The lowest BCUT2D eigenvalue weighted by molar-refractivity contribution is -0.102. The van der Waals surface area contributed by atoms with Gasteiger partial charge in [-0.15, -0.1) is 0 Å². The zero-order valence-electron chi connectivity index (χ0n) is 36.6. The summed E-state index contributed by atoms with van der Waals surface area (Å²) in [6.45, 7) is 19.2. The molecule has 0 aliphatic carbocycles. The second kappa shape index (κ2) is 21.0. The molecule has 0 bridgehead atoms. The monoisotopic (exact) mass is 824 g/mol. The second-order valence-corrected chi connectivity index (χ2v) is 27.1.